The van der Waals surface area contributed by atoms with Crippen LogP contribution in [-0.2, 0) is 4.74 Å². The molecule has 1 atom stereocenters. The molecule has 0 aromatic carbocycles. The summed E-state index contributed by atoms with van der Waals surface area (Å²) < 4.78 is 6.15. The maximum atomic E-state index is 9.65. The minimum Gasteiger partial charge on any atom is -0.396 e. The van der Waals surface area contributed by atoms with Crippen LogP contribution in [0.5, 0.6) is 0 Å². The van der Waals surface area contributed by atoms with Gasteiger partial charge in [-0.15, -0.1) is 23.5 Å². The van der Waals surface area contributed by atoms with Crippen LogP contribution in [0.4, 0.5) is 0 Å². The topological polar surface area (TPSA) is 29.5 Å². The number of hydrogen-bond acceptors (Lipinski definition) is 4. The van der Waals surface area contributed by atoms with E-state index in [1.807, 2.05) is 0 Å². The third kappa shape index (κ3) is 12.6. The number of aliphatic hydroxyl groups is 1. The van der Waals surface area contributed by atoms with E-state index < -0.39 is 0 Å². The molecule has 0 aromatic rings. The van der Waals surface area contributed by atoms with Gasteiger partial charge in [0, 0.05) is 19.1 Å². The van der Waals surface area contributed by atoms with Crippen LogP contribution < -0.4 is 0 Å². The molecule has 150 valence electrons. The predicted octanol–water partition coefficient (Wildman–Crippen LogP) is 6.51. The largest absolute Gasteiger partial charge is 0.396 e. The van der Waals surface area contributed by atoms with Crippen molar-refractivity contribution in [3.05, 3.63) is 0 Å². The zero-order valence-electron chi connectivity index (χ0n) is 16.8. The number of unbranched alkanes of at least 4 members (excludes halogenated alkanes) is 9. The molecule has 1 aliphatic heterocycles. The summed E-state index contributed by atoms with van der Waals surface area (Å²) >= 11 is 4.13. The van der Waals surface area contributed by atoms with E-state index in [2.05, 4.69) is 37.4 Å². The summed E-state index contributed by atoms with van der Waals surface area (Å²) in [4.78, 5) is 0. The number of hydrogen-bond donors (Lipinski definition) is 1. The predicted molar refractivity (Wildman–Crippen MR) is 116 cm³/mol. The van der Waals surface area contributed by atoms with Gasteiger partial charge in [0.2, 0.25) is 0 Å². The van der Waals surface area contributed by atoms with Gasteiger partial charge in [0.05, 0.1) is 10.7 Å². The second-order valence-corrected chi connectivity index (χ2v) is 11.1. The highest BCUT2D eigenvalue weighted by Gasteiger charge is 2.31. The fourth-order valence-electron chi connectivity index (χ4n) is 3.44. The van der Waals surface area contributed by atoms with Gasteiger partial charge in [0.15, 0.2) is 0 Å². The molecule has 0 saturated carbocycles. The SMILES string of the molecule is CCCCCCCCCCCCOC[C@H](CO)CC1(C)SCCCS1. The first kappa shape index (κ1) is 23.7. The molecule has 1 aliphatic rings. The van der Waals surface area contributed by atoms with E-state index in [9.17, 15) is 5.11 Å². The lowest BCUT2D eigenvalue weighted by Gasteiger charge is -2.35. The number of thioether (sulfide) groups is 2. The Morgan fingerprint density at radius 2 is 1.48 bits per heavy atom. The number of aliphatic hydroxyl groups excluding tert-OH is 1. The van der Waals surface area contributed by atoms with Gasteiger partial charge in [-0.05, 0) is 37.7 Å². The first-order chi connectivity index (χ1) is 12.2. The molecular formula is C21H42O2S2. The molecule has 0 amide bonds. The van der Waals surface area contributed by atoms with Crippen molar-refractivity contribution in [2.24, 2.45) is 5.92 Å². The zero-order chi connectivity index (χ0) is 18.2. The Hall–Kier alpha value is 0.620. The van der Waals surface area contributed by atoms with Crippen molar-refractivity contribution in [1.82, 2.24) is 0 Å². The second-order valence-electron chi connectivity index (χ2n) is 7.69. The Morgan fingerprint density at radius 1 is 0.920 bits per heavy atom. The highest BCUT2D eigenvalue weighted by Crippen LogP contribution is 2.45. The summed E-state index contributed by atoms with van der Waals surface area (Å²) in [6.07, 6.45) is 16.0. The zero-order valence-corrected chi connectivity index (χ0v) is 18.4. The summed E-state index contributed by atoms with van der Waals surface area (Å²) in [6, 6.07) is 0. The summed E-state index contributed by atoms with van der Waals surface area (Å²) in [6.45, 7) is 6.47. The smallest absolute Gasteiger partial charge is 0.0587 e. The van der Waals surface area contributed by atoms with Gasteiger partial charge in [0.1, 0.15) is 0 Å². The van der Waals surface area contributed by atoms with E-state index >= 15 is 0 Å². The Balaban J connectivity index is 1.92. The van der Waals surface area contributed by atoms with Gasteiger partial charge in [-0.3, -0.25) is 0 Å². The minimum absolute atomic E-state index is 0.259. The monoisotopic (exact) mass is 390 g/mol. The van der Waals surface area contributed by atoms with Gasteiger partial charge in [0.25, 0.3) is 0 Å². The van der Waals surface area contributed by atoms with Gasteiger partial charge in [-0.25, -0.2) is 0 Å². The average molecular weight is 391 g/mol. The highest BCUT2D eigenvalue weighted by molar-refractivity contribution is 8.18. The van der Waals surface area contributed by atoms with E-state index in [-0.39, 0.29) is 10.7 Å². The lowest BCUT2D eigenvalue weighted by atomic mass is 10.1. The van der Waals surface area contributed by atoms with Crippen molar-refractivity contribution in [2.45, 2.75) is 95.0 Å². The maximum absolute atomic E-state index is 9.65. The fourth-order valence-corrected chi connectivity index (χ4v) is 6.60. The van der Waals surface area contributed by atoms with Crippen LogP contribution in [0.25, 0.3) is 0 Å². The van der Waals surface area contributed by atoms with Crippen molar-refractivity contribution in [1.29, 1.82) is 0 Å². The molecule has 25 heavy (non-hydrogen) atoms. The van der Waals surface area contributed by atoms with Gasteiger partial charge in [-0.1, -0.05) is 64.7 Å². The normalized spacial score (nSPS) is 18.4. The molecule has 0 unspecified atom stereocenters. The molecule has 1 N–H and O–H groups in total. The molecule has 0 bridgehead atoms. The minimum atomic E-state index is 0.259. The van der Waals surface area contributed by atoms with Crippen LogP contribution in [0.2, 0.25) is 0 Å². The van der Waals surface area contributed by atoms with E-state index in [0.29, 0.717) is 5.92 Å². The van der Waals surface area contributed by atoms with Crippen molar-refractivity contribution in [3.8, 4) is 0 Å². The molecule has 1 heterocycles. The third-order valence-electron chi connectivity index (χ3n) is 5.02. The second kappa shape index (κ2) is 15.7. The molecular weight excluding hydrogens is 348 g/mol. The molecule has 0 radical (unpaired) electrons. The van der Waals surface area contributed by atoms with Crippen LogP contribution in [0.3, 0.4) is 0 Å². The van der Waals surface area contributed by atoms with Crippen molar-refractivity contribution < 1.29 is 9.84 Å². The van der Waals surface area contributed by atoms with E-state index in [1.165, 1.54) is 82.1 Å². The molecule has 1 fully saturated rings. The van der Waals surface area contributed by atoms with Crippen LogP contribution in [0.1, 0.15) is 90.9 Å². The van der Waals surface area contributed by atoms with Gasteiger partial charge >= 0.3 is 0 Å². The van der Waals surface area contributed by atoms with E-state index in [4.69, 9.17) is 4.74 Å². The Morgan fingerprint density at radius 3 is 2.04 bits per heavy atom. The summed E-state index contributed by atoms with van der Waals surface area (Å²) in [5, 5.41) is 9.65. The third-order valence-corrected chi connectivity index (χ3v) is 8.26. The van der Waals surface area contributed by atoms with Crippen molar-refractivity contribution in [2.75, 3.05) is 31.3 Å². The summed E-state index contributed by atoms with van der Waals surface area (Å²) in [5.41, 5.74) is 0. The first-order valence-electron chi connectivity index (χ1n) is 10.7. The number of rotatable bonds is 16. The summed E-state index contributed by atoms with van der Waals surface area (Å²) in [7, 11) is 0. The lowest BCUT2D eigenvalue weighted by molar-refractivity contribution is 0.0664. The molecule has 0 spiro atoms. The Bertz CT molecular complexity index is 294. The van der Waals surface area contributed by atoms with Gasteiger partial charge < -0.3 is 9.84 Å². The molecule has 0 aromatic heterocycles. The molecule has 1 rings (SSSR count). The average Bonchev–Trinajstić information content (AvgIpc) is 2.62. The molecule has 1 saturated heterocycles. The molecule has 0 aliphatic carbocycles. The highest BCUT2D eigenvalue weighted by atomic mass is 32.2. The van der Waals surface area contributed by atoms with Crippen LogP contribution in [-0.4, -0.2) is 40.5 Å². The standard InChI is InChI=1S/C21H42O2S2/c1-3-4-5-6-7-8-9-10-11-12-14-23-19-20(18-22)17-21(2)24-15-13-16-25-21/h20,22H,3-19H2,1-2H3/t20-/m0/s1. The quantitative estimate of drug-likeness (QED) is 0.304. The van der Waals surface area contributed by atoms with Gasteiger partial charge in [-0.2, -0.15) is 0 Å². The Kier molecular flexibility index (Phi) is 14.8. The first-order valence-corrected chi connectivity index (χ1v) is 12.6. The van der Waals surface area contributed by atoms with Crippen LogP contribution in [0.15, 0.2) is 0 Å². The van der Waals surface area contributed by atoms with E-state index in [0.717, 1.165) is 19.6 Å². The van der Waals surface area contributed by atoms with Crippen LogP contribution in [0, 0.1) is 5.92 Å². The fraction of sp³-hybridized carbons (Fsp3) is 1.00. The molecule has 2 nitrogen and oxygen atoms in total. The van der Waals surface area contributed by atoms with Crippen molar-refractivity contribution >= 4 is 23.5 Å². The van der Waals surface area contributed by atoms with Crippen molar-refractivity contribution in [3.63, 3.8) is 0 Å². The molecule has 4 heteroatoms. The van der Waals surface area contributed by atoms with E-state index in [1.54, 1.807) is 0 Å². The van der Waals surface area contributed by atoms with Crippen LogP contribution >= 0.6 is 23.5 Å². The summed E-state index contributed by atoms with van der Waals surface area (Å²) in [5.74, 6) is 2.83. The Labute approximate surface area is 165 Å². The number of ether oxygens (including phenoxy) is 1. The lowest BCUT2D eigenvalue weighted by Crippen LogP contribution is -2.28. The maximum Gasteiger partial charge on any atom is 0.0587 e.